The summed E-state index contributed by atoms with van der Waals surface area (Å²) in [6.45, 7) is 1.95. The Kier molecular flexibility index (Phi) is 2.09. The van der Waals surface area contributed by atoms with Crippen molar-refractivity contribution in [2.24, 2.45) is 5.73 Å². The van der Waals surface area contributed by atoms with Crippen LogP contribution in [-0.4, -0.2) is 16.7 Å². The normalized spacial score (nSPS) is 13.5. The lowest BCUT2D eigenvalue weighted by Crippen LogP contribution is -2.15. The first-order valence-corrected chi connectivity index (χ1v) is 3.26. The van der Waals surface area contributed by atoms with E-state index in [1.807, 2.05) is 19.2 Å². The lowest BCUT2D eigenvalue weighted by atomic mass is 10.1. The highest BCUT2D eigenvalue weighted by molar-refractivity contribution is 5.21. The van der Waals surface area contributed by atoms with Gasteiger partial charge in [-0.1, -0.05) is 0 Å². The van der Waals surface area contributed by atoms with Gasteiger partial charge in [0.1, 0.15) is 0 Å². The highest BCUT2D eigenvalue weighted by Gasteiger charge is 2.06. The van der Waals surface area contributed by atoms with Crippen LogP contribution in [0.1, 0.15) is 17.3 Å². The molecule has 0 radical (unpaired) electrons. The number of H-pyrrole nitrogens is 1. The molecule has 3 heteroatoms. The lowest BCUT2D eigenvalue weighted by Gasteiger charge is -2.06. The number of aryl methyl sites for hydroxylation is 1. The van der Waals surface area contributed by atoms with Crippen LogP contribution in [0.3, 0.4) is 0 Å². The summed E-state index contributed by atoms with van der Waals surface area (Å²) in [5.41, 5.74) is 7.58. The number of aliphatic hydroxyl groups excluding tert-OH is 1. The molecule has 1 atom stereocenters. The van der Waals surface area contributed by atoms with Gasteiger partial charge in [0.15, 0.2) is 0 Å². The predicted octanol–water partition coefficient (Wildman–Crippen LogP) is 0.315. The number of nitrogens with one attached hydrogen (secondary N) is 1. The number of aromatic amines is 1. The molecule has 3 nitrogen and oxygen atoms in total. The molecule has 4 N–H and O–H groups in total. The van der Waals surface area contributed by atoms with Gasteiger partial charge in [0, 0.05) is 11.9 Å². The molecule has 0 aromatic carbocycles. The topological polar surface area (TPSA) is 62.0 Å². The van der Waals surface area contributed by atoms with Crippen molar-refractivity contribution in [2.45, 2.75) is 13.0 Å². The SMILES string of the molecule is Cc1cc[nH]c1[C@H](N)CO. The first kappa shape index (κ1) is 7.31. The summed E-state index contributed by atoms with van der Waals surface area (Å²) >= 11 is 0. The van der Waals surface area contributed by atoms with Crippen LogP contribution < -0.4 is 5.73 Å². The fourth-order valence-corrected chi connectivity index (χ4v) is 0.951. The van der Waals surface area contributed by atoms with Crippen molar-refractivity contribution in [2.75, 3.05) is 6.61 Å². The molecular weight excluding hydrogens is 128 g/mol. The summed E-state index contributed by atoms with van der Waals surface area (Å²) in [4.78, 5) is 2.97. The summed E-state index contributed by atoms with van der Waals surface area (Å²) in [6, 6.07) is 1.67. The zero-order valence-corrected chi connectivity index (χ0v) is 5.96. The van der Waals surface area contributed by atoms with Crippen molar-refractivity contribution >= 4 is 0 Å². The molecule has 0 amide bonds. The Morgan fingerprint density at radius 1 is 1.80 bits per heavy atom. The average molecular weight is 140 g/mol. The predicted molar refractivity (Wildman–Crippen MR) is 39.5 cm³/mol. The van der Waals surface area contributed by atoms with Crippen molar-refractivity contribution in [1.29, 1.82) is 0 Å². The zero-order valence-electron chi connectivity index (χ0n) is 5.96. The lowest BCUT2D eigenvalue weighted by molar-refractivity contribution is 0.266. The van der Waals surface area contributed by atoms with E-state index in [-0.39, 0.29) is 12.6 Å². The molecule has 0 aliphatic carbocycles. The van der Waals surface area contributed by atoms with Crippen molar-refractivity contribution < 1.29 is 5.11 Å². The third-order valence-corrected chi connectivity index (χ3v) is 1.56. The number of aromatic nitrogens is 1. The number of hydrogen-bond donors (Lipinski definition) is 3. The minimum atomic E-state index is -0.269. The standard InChI is InChI=1S/C7H12N2O/c1-5-2-3-9-7(5)6(8)4-10/h2-3,6,9-10H,4,8H2,1H3/t6-/m1/s1. The van der Waals surface area contributed by atoms with Crippen LogP contribution in [0.15, 0.2) is 12.3 Å². The van der Waals surface area contributed by atoms with Gasteiger partial charge in [-0.2, -0.15) is 0 Å². The largest absolute Gasteiger partial charge is 0.394 e. The van der Waals surface area contributed by atoms with E-state index in [4.69, 9.17) is 10.8 Å². The van der Waals surface area contributed by atoms with Gasteiger partial charge in [-0.3, -0.25) is 0 Å². The molecule has 0 spiro atoms. The van der Waals surface area contributed by atoms with Crippen LogP contribution >= 0.6 is 0 Å². The van der Waals surface area contributed by atoms with Gasteiger partial charge in [0.25, 0.3) is 0 Å². The average Bonchev–Trinajstić information content (AvgIpc) is 2.34. The quantitative estimate of drug-likeness (QED) is 0.553. The third-order valence-electron chi connectivity index (χ3n) is 1.56. The summed E-state index contributed by atoms with van der Waals surface area (Å²) in [5, 5.41) is 8.69. The van der Waals surface area contributed by atoms with Gasteiger partial charge in [0.05, 0.1) is 12.6 Å². The second-order valence-corrected chi connectivity index (χ2v) is 2.36. The van der Waals surface area contributed by atoms with E-state index < -0.39 is 0 Å². The van der Waals surface area contributed by atoms with Gasteiger partial charge in [-0.15, -0.1) is 0 Å². The van der Waals surface area contributed by atoms with E-state index in [0.717, 1.165) is 11.3 Å². The monoisotopic (exact) mass is 140 g/mol. The number of hydrogen-bond acceptors (Lipinski definition) is 2. The zero-order chi connectivity index (χ0) is 7.56. The molecule has 1 heterocycles. The van der Waals surface area contributed by atoms with Crippen LogP contribution in [0.25, 0.3) is 0 Å². The molecule has 0 aliphatic heterocycles. The Balaban J connectivity index is 2.82. The van der Waals surface area contributed by atoms with E-state index in [0.29, 0.717) is 0 Å². The molecule has 10 heavy (non-hydrogen) atoms. The maximum atomic E-state index is 8.69. The summed E-state index contributed by atoms with van der Waals surface area (Å²) in [6.07, 6.45) is 1.82. The van der Waals surface area contributed by atoms with Crippen molar-refractivity contribution in [3.05, 3.63) is 23.5 Å². The van der Waals surface area contributed by atoms with E-state index in [1.165, 1.54) is 0 Å². The van der Waals surface area contributed by atoms with Crippen LogP contribution in [0.4, 0.5) is 0 Å². The molecule has 0 saturated carbocycles. The van der Waals surface area contributed by atoms with Crippen LogP contribution in [0.2, 0.25) is 0 Å². The van der Waals surface area contributed by atoms with Gasteiger partial charge in [-0.05, 0) is 18.6 Å². The Hall–Kier alpha value is -0.800. The Bertz CT molecular complexity index is 207. The van der Waals surface area contributed by atoms with Gasteiger partial charge in [0.2, 0.25) is 0 Å². The second-order valence-electron chi connectivity index (χ2n) is 2.36. The fraction of sp³-hybridized carbons (Fsp3) is 0.429. The molecule has 0 bridgehead atoms. The first-order valence-electron chi connectivity index (χ1n) is 3.26. The summed E-state index contributed by atoms with van der Waals surface area (Å²) in [7, 11) is 0. The van der Waals surface area contributed by atoms with E-state index >= 15 is 0 Å². The molecule has 0 unspecified atom stereocenters. The smallest absolute Gasteiger partial charge is 0.0685 e. The van der Waals surface area contributed by atoms with E-state index in [1.54, 1.807) is 0 Å². The number of rotatable bonds is 2. The Morgan fingerprint density at radius 2 is 2.50 bits per heavy atom. The third kappa shape index (κ3) is 1.20. The summed E-state index contributed by atoms with van der Waals surface area (Å²) in [5.74, 6) is 0. The maximum absolute atomic E-state index is 8.69. The van der Waals surface area contributed by atoms with E-state index in [2.05, 4.69) is 4.98 Å². The van der Waals surface area contributed by atoms with E-state index in [9.17, 15) is 0 Å². The van der Waals surface area contributed by atoms with Crippen molar-refractivity contribution in [3.8, 4) is 0 Å². The second kappa shape index (κ2) is 2.86. The molecule has 56 valence electrons. The van der Waals surface area contributed by atoms with Crippen molar-refractivity contribution in [1.82, 2.24) is 4.98 Å². The van der Waals surface area contributed by atoms with Crippen molar-refractivity contribution in [3.63, 3.8) is 0 Å². The molecule has 1 aromatic rings. The Morgan fingerprint density at radius 3 is 2.90 bits per heavy atom. The summed E-state index contributed by atoms with van der Waals surface area (Å²) < 4.78 is 0. The number of aliphatic hydroxyl groups is 1. The fourth-order valence-electron chi connectivity index (χ4n) is 0.951. The van der Waals surface area contributed by atoms with Crippen LogP contribution in [0, 0.1) is 6.92 Å². The molecule has 0 saturated heterocycles. The Labute approximate surface area is 59.9 Å². The minimum Gasteiger partial charge on any atom is -0.394 e. The molecular formula is C7H12N2O. The molecule has 0 aliphatic rings. The van der Waals surface area contributed by atoms with Gasteiger partial charge >= 0.3 is 0 Å². The highest BCUT2D eigenvalue weighted by atomic mass is 16.3. The van der Waals surface area contributed by atoms with Crippen LogP contribution in [-0.2, 0) is 0 Å². The van der Waals surface area contributed by atoms with Gasteiger partial charge in [-0.25, -0.2) is 0 Å². The molecule has 0 fully saturated rings. The molecule has 1 rings (SSSR count). The maximum Gasteiger partial charge on any atom is 0.0685 e. The van der Waals surface area contributed by atoms with Gasteiger partial charge < -0.3 is 15.8 Å². The minimum absolute atomic E-state index is 0.0125. The molecule has 1 aromatic heterocycles. The number of nitrogens with two attached hydrogens (primary N) is 1. The highest BCUT2D eigenvalue weighted by Crippen LogP contribution is 2.11. The first-order chi connectivity index (χ1) is 4.75. The van der Waals surface area contributed by atoms with Crippen LogP contribution in [0.5, 0.6) is 0 Å².